The molecule has 0 saturated heterocycles. The van der Waals surface area contributed by atoms with Crippen LogP contribution in [-0.4, -0.2) is 17.4 Å². The third kappa shape index (κ3) is 4.92. The first-order chi connectivity index (χ1) is 11.4. The van der Waals surface area contributed by atoms with E-state index < -0.39 is 4.92 Å². The molecule has 0 aliphatic carbocycles. The van der Waals surface area contributed by atoms with Gasteiger partial charge in [-0.3, -0.25) is 14.9 Å². The molecule has 0 fully saturated rings. The lowest BCUT2D eigenvalue weighted by molar-refractivity contribution is -0.682. The van der Waals surface area contributed by atoms with Crippen LogP contribution in [0.25, 0.3) is 0 Å². The molecule has 2 aromatic carbocycles. The lowest BCUT2D eigenvalue weighted by atomic mass is 10.1. The molecule has 24 heavy (non-hydrogen) atoms. The summed E-state index contributed by atoms with van der Waals surface area (Å²) in [4.78, 5) is 22.5. The van der Waals surface area contributed by atoms with Crippen molar-refractivity contribution >= 4 is 40.5 Å². The van der Waals surface area contributed by atoms with Gasteiger partial charge >= 0.3 is 0 Å². The molecule has 0 radical (unpaired) electrons. The molecule has 8 heteroatoms. The lowest BCUT2D eigenvalue weighted by Gasteiger charge is -2.11. The van der Waals surface area contributed by atoms with Crippen LogP contribution >= 0.6 is 23.2 Å². The summed E-state index contributed by atoms with van der Waals surface area (Å²) in [6, 6.07) is 11.5. The van der Waals surface area contributed by atoms with Gasteiger partial charge in [-0.1, -0.05) is 35.3 Å². The van der Waals surface area contributed by atoms with E-state index in [1.165, 1.54) is 18.2 Å². The van der Waals surface area contributed by atoms with Crippen LogP contribution in [0.4, 0.5) is 11.4 Å². The van der Waals surface area contributed by atoms with Crippen LogP contribution in [0.1, 0.15) is 18.5 Å². The normalized spacial score (nSPS) is 11.8. The Morgan fingerprint density at radius 3 is 2.46 bits per heavy atom. The van der Waals surface area contributed by atoms with E-state index in [9.17, 15) is 14.9 Å². The van der Waals surface area contributed by atoms with Gasteiger partial charge in [-0.25, -0.2) is 0 Å². The smallest absolute Gasteiger partial charge is 0.294 e. The van der Waals surface area contributed by atoms with Crippen LogP contribution in [0.5, 0.6) is 0 Å². The van der Waals surface area contributed by atoms with E-state index >= 15 is 0 Å². The van der Waals surface area contributed by atoms with Crippen LogP contribution in [0.2, 0.25) is 10.0 Å². The molecule has 0 aliphatic rings. The van der Waals surface area contributed by atoms with E-state index in [1.807, 2.05) is 24.4 Å². The third-order valence-corrected chi connectivity index (χ3v) is 3.97. The van der Waals surface area contributed by atoms with E-state index in [2.05, 4.69) is 5.32 Å². The van der Waals surface area contributed by atoms with Crippen molar-refractivity contribution in [3.05, 3.63) is 68.2 Å². The van der Waals surface area contributed by atoms with Gasteiger partial charge in [-0.05, 0) is 31.2 Å². The number of benzene rings is 2. The quantitative estimate of drug-likeness (QED) is 0.606. The molecule has 0 saturated carbocycles. The van der Waals surface area contributed by atoms with Gasteiger partial charge in [0.25, 0.3) is 11.6 Å². The van der Waals surface area contributed by atoms with Crippen molar-refractivity contribution in [1.29, 1.82) is 0 Å². The number of carbonyl (C=O) groups is 1. The Balaban J connectivity index is 1.96. The molecule has 0 bridgehead atoms. The van der Waals surface area contributed by atoms with Gasteiger partial charge in [-0.2, -0.15) is 0 Å². The predicted molar refractivity (Wildman–Crippen MR) is 93.4 cm³/mol. The fourth-order valence-electron chi connectivity index (χ4n) is 2.15. The standard InChI is InChI=1S/C16H15Cl2N3O3/c1-10(11-2-4-12(17)5-3-11)19-9-16(22)20-14-7-6-13(18)8-15(14)21(23)24/h2-8,10,19H,9H2,1H3,(H,20,22)/p+1/t10-/m0/s1. The lowest BCUT2D eigenvalue weighted by Crippen LogP contribution is -2.86. The summed E-state index contributed by atoms with van der Waals surface area (Å²) in [7, 11) is 0. The molecule has 2 aromatic rings. The SMILES string of the molecule is C[C@H]([NH2+]CC(=O)Nc1ccc(Cl)cc1[N+](=O)[O-])c1ccc(Cl)cc1. The highest BCUT2D eigenvalue weighted by atomic mass is 35.5. The van der Waals surface area contributed by atoms with Crippen LogP contribution < -0.4 is 10.6 Å². The monoisotopic (exact) mass is 368 g/mol. The second-order valence-corrected chi connectivity index (χ2v) is 6.12. The van der Waals surface area contributed by atoms with E-state index in [-0.39, 0.29) is 34.9 Å². The second kappa shape index (κ2) is 8.10. The van der Waals surface area contributed by atoms with Crippen LogP contribution in [0.3, 0.4) is 0 Å². The Bertz CT molecular complexity index is 751. The van der Waals surface area contributed by atoms with Gasteiger partial charge in [0, 0.05) is 21.7 Å². The van der Waals surface area contributed by atoms with Crippen molar-refractivity contribution in [1.82, 2.24) is 0 Å². The molecule has 0 aromatic heterocycles. The number of nitro benzene ring substituents is 1. The minimum atomic E-state index is -0.582. The molecule has 6 nitrogen and oxygen atoms in total. The summed E-state index contributed by atoms with van der Waals surface area (Å²) < 4.78 is 0. The average Bonchev–Trinajstić information content (AvgIpc) is 2.54. The van der Waals surface area contributed by atoms with Crippen LogP contribution in [-0.2, 0) is 4.79 Å². The number of halogens is 2. The zero-order valence-corrected chi connectivity index (χ0v) is 14.3. The summed E-state index contributed by atoms with van der Waals surface area (Å²) in [5.41, 5.74) is 0.924. The van der Waals surface area contributed by atoms with Crippen LogP contribution in [0, 0.1) is 10.1 Å². The van der Waals surface area contributed by atoms with Gasteiger partial charge < -0.3 is 10.6 Å². The molecule has 0 spiro atoms. The summed E-state index contributed by atoms with van der Waals surface area (Å²) in [6.07, 6.45) is 0. The maximum atomic E-state index is 12.0. The highest BCUT2D eigenvalue weighted by Gasteiger charge is 2.18. The number of amides is 1. The fourth-order valence-corrected chi connectivity index (χ4v) is 2.44. The number of nitro groups is 1. The third-order valence-electron chi connectivity index (χ3n) is 3.48. The highest BCUT2D eigenvalue weighted by Crippen LogP contribution is 2.27. The molecule has 0 aliphatic heterocycles. The van der Waals surface area contributed by atoms with Gasteiger partial charge in [0.15, 0.2) is 6.54 Å². The minimum absolute atomic E-state index is 0.0493. The number of hydrogen-bond donors (Lipinski definition) is 2. The van der Waals surface area contributed by atoms with Crippen molar-refractivity contribution in [3.8, 4) is 0 Å². The average molecular weight is 369 g/mol. The fraction of sp³-hybridized carbons (Fsp3) is 0.188. The minimum Gasteiger partial charge on any atom is -0.333 e. The first-order valence-corrected chi connectivity index (χ1v) is 7.95. The number of carbonyl (C=O) groups excluding carboxylic acids is 1. The Kier molecular flexibility index (Phi) is 6.14. The summed E-state index contributed by atoms with van der Waals surface area (Å²) in [5.74, 6) is -0.332. The number of hydrogen-bond acceptors (Lipinski definition) is 3. The van der Waals surface area contributed by atoms with E-state index in [4.69, 9.17) is 23.2 Å². The maximum Gasteiger partial charge on any atom is 0.294 e. The Morgan fingerprint density at radius 2 is 1.83 bits per heavy atom. The number of nitrogens with one attached hydrogen (secondary N) is 1. The maximum absolute atomic E-state index is 12.0. The van der Waals surface area contributed by atoms with E-state index in [0.717, 1.165) is 5.56 Å². The van der Waals surface area contributed by atoms with Gasteiger partial charge in [0.2, 0.25) is 0 Å². The molecular formula is C16H16Cl2N3O3+. The predicted octanol–water partition coefficient (Wildman–Crippen LogP) is 3.16. The highest BCUT2D eigenvalue weighted by molar-refractivity contribution is 6.31. The number of nitrogens with zero attached hydrogens (tertiary/aromatic N) is 1. The van der Waals surface area contributed by atoms with Crippen LogP contribution in [0.15, 0.2) is 42.5 Å². The zero-order chi connectivity index (χ0) is 17.7. The van der Waals surface area contributed by atoms with E-state index in [0.29, 0.717) is 5.02 Å². The Hall–Kier alpha value is -2.15. The summed E-state index contributed by atoms with van der Waals surface area (Å²) >= 11 is 11.6. The Labute approximate surface area is 148 Å². The van der Waals surface area contributed by atoms with Crippen molar-refractivity contribution in [2.75, 3.05) is 11.9 Å². The first kappa shape index (κ1) is 18.2. The molecule has 1 atom stereocenters. The summed E-state index contributed by atoms with van der Waals surface area (Å²) in [5, 5.41) is 16.3. The largest absolute Gasteiger partial charge is 0.333 e. The Morgan fingerprint density at radius 1 is 1.21 bits per heavy atom. The number of nitrogens with two attached hydrogens (primary N) is 1. The topological polar surface area (TPSA) is 88.8 Å². The zero-order valence-electron chi connectivity index (χ0n) is 12.8. The van der Waals surface area contributed by atoms with Crippen molar-refractivity contribution in [2.45, 2.75) is 13.0 Å². The molecule has 3 N–H and O–H groups in total. The van der Waals surface area contributed by atoms with Gasteiger partial charge in [0.1, 0.15) is 11.7 Å². The molecular weight excluding hydrogens is 353 g/mol. The number of rotatable bonds is 6. The summed E-state index contributed by atoms with van der Waals surface area (Å²) in [6.45, 7) is 2.09. The molecule has 0 heterocycles. The van der Waals surface area contributed by atoms with Gasteiger partial charge in [-0.15, -0.1) is 0 Å². The van der Waals surface area contributed by atoms with Crippen molar-refractivity contribution < 1.29 is 15.0 Å². The molecule has 1 amide bonds. The molecule has 2 rings (SSSR count). The second-order valence-electron chi connectivity index (χ2n) is 5.25. The van der Waals surface area contributed by atoms with Crippen molar-refractivity contribution in [3.63, 3.8) is 0 Å². The van der Waals surface area contributed by atoms with E-state index in [1.54, 1.807) is 12.1 Å². The molecule has 126 valence electrons. The number of quaternary nitrogens is 1. The number of anilines is 1. The van der Waals surface area contributed by atoms with Crippen molar-refractivity contribution in [2.24, 2.45) is 0 Å². The van der Waals surface area contributed by atoms with Gasteiger partial charge in [0.05, 0.1) is 4.92 Å². The first-order valence-electron chi connectivity index (χ1n) is 7.19. The molecule has 0 unspecified atom stereocenters.